The summed E-state index contributed by atoms with van der Waals surface area (Å²) in [6.45, 7) is -0.0188. The Bertz CT molecular complexity index is 1010. The van der Waals surface area contributed by atoms with Crippen molar-refractivity contribution < 1.29 is 24.1 Å². The molecule has 0 radical (unpaired) electrons. The van der Waals surface area contributed by atoms with Gasteiger partial charge in [-0.3, -0.25) is 34.7 Å². The Kier molecular flexibility index (Phi) is 5.63. The maximum Gasteiger partial charge on any atom is 0.321 e. The molecule has 5 amide bonds. The van der Waals surface area contributed by atoms with Crippen LogP contribution >= 0.6 is 0 Å². The Morgan fingerprint density at radius 3 is 2.38 bits per heavy atom. The van der Waals surface area contributed by atoms with Gasteiger partial charge in [0, 0.05) is 31.6 Å². The molecule has 1 aliphatic rings. The fourth-order valence-corrected chi connectivity index (χ4v) is 2.82. The standard InChI is InChI=1S/C19H16N4O6/c24-16(21-19(27)20-11-12-4-2-1-3-5-12)8-9-22-17(25)14-7-6-13(23(28)29)10-15(14)18(22)26/h1-7,10H,8-9,11H2,(H2,20,21,24,27). The highest BCUT2D eigenvalue weighted by Gasteiger charge is 2.36. The van der Waals surface area contributed by atoms with Crippen LogP contribution in [0.5, 0.6) is 0 Å². The first-order valence-electron chi connectivity index (χ1n) is 8.63. The zero-order chi connectivity index (χ0) is 21.0. The first kappa shape index (κ1) is 19.7. The lowest BCUT2D eigenvalue weighted by molar-refractivity contribution is -0.384. The third-order valence-electron chi connectivity index (χ3n) is 4.28. The maximum absolute atomic E-state index is 12.3. The van der Waals surface area contributed by atoms with E-state index in [0.717, 1.165) is 22.6 Å². The topological polar surface area (TPSA) is 139 Å². The molecule has 1 heterocycles. The van der Waals surface area contributed by atoms with E-state index in [1.54, 1.807) is 0 Å². The van der Waals surface area contributed by atoms with E-state index in [2.05, 4.69) is 10.6 Å². The van der Waals surface area contributed by atoms with Crippen molar-refractivity contribution in [3.8, 4) is 0 Å². The molecule has 0 bridgehead atoms. The molecule has 0 aliphatic carbocycles. The van der Waals surface area contributed by atoms with E-state index in [4.69, 9.17) is 0 Å². The van der Waals surface area contributed by atoms with Gasteiger partial charge >= 0.3 is 6.03 Å². The lowest BCUT2D eigenvalue weighted by Gasteiger charge is -2.13. The van der Waals surface area contributed by atoms with Crippen LogP contribution in [0.25, 0.3) is 0 Å². The number of carbonyl (C=O) groups is 4. The van der Waals surface area contributed by atoms with Crippen molar-refractivity contribution in [3.05, 3.63) is 75.3 Å². The summed E-state index contributed by atoms with van der Waals surface area (Å²) in [6, 6.07) is 11.8. The minimum absolute atomic E-state index is 0.0432. The molecule has 29 heavy (non-hydrogen) atoms. The van der Waals surface area contributed by atoms with E-state index in [1.165, 1.54) is 6.07 Å². The maximum atomic E-state index is 12.3. The molecular formula is C19H16N4O6. The zero-order valence-corrected chi connectivity index (χ0v) is 15.1. The Morgan fingerprint density at radius 1 is 1.00 bits per heavy atom. The van der Waals surface area contributed by atoms with Crippen molar-refractivity contribution in [1.82, 2.24) is 15.5 Å². The van der Waals surface area contributed by atoms with Crippen LogP contribution in [0.15, 0.2) is 48.5 Å². The van der Waals surface area contributed by atoms with E-state index in [1.807, 2.05) is 30.3 Å². The number of carbonyl (C=O) groups excluding carboxylic acids is 4. The zero-order valence-electron chi connectivity index (χ0n) is 15.1. The van der Waals surface area contributed by atoms with E-state index < -0.39 is 28.7 Å². The number of hydrogen-bond donors (Lipinski definition) is 2. The minimum Gasteiger partial charge on any atom is -0.334 e. The Balaban J connectivity index is 1.52. The molecule has 0 unspecified atom stereocenters. The third kappa shape index (κ3) is 4.43. The smallest absolute Gasteiger partial charge is 0.321 e. The number of nitro groups is 1. The van der Waals surface area contributed by atoms with Gasteiger partial charge in [0.05, 0.1) is 16.1 Å². The largest absolute Gasteiger partial charge is 0.334 e. The van der Waals surface area contributed by atoms with Crippen molar-refractivity contribution in [1.29, 1.82) is 0 Å². The van der Waals surface area contributed by atoms with Gasteiger partial charge in [-0.05, 0) is 11.6 Å². The second-order valence-electron chi connectivity index (χ2n) is 6.22. The van der Waals surface area contributed by atoms with Crippen LogP contribution in [0.1, 0.15) is 32.7 Å². The van der Waals surface area contributed by atoms with Gasteiger partial charge in [0.2, 0.25) is 5.91 Å². The summed E-state index contributed by atoms with van der Waals surface area (Å²) in [6.07, 6.45) is -0.285. The van der Waals surface area contributed by atoms with Crippen LogP contribution in [0.4, 0.5) is 10.5 Å². The molecule has 3 rings (SSSR count). The number of amides is 5. The summed E-state index contributed by atoms with van der Waals surface area (Å²) in [5, 5.41) is 15.5. The van der Waals surface area contributed by atoms with Crippen LogP contribution < -0.4 is 10.6 Å². The number of nitrogens with zero attached hydrogens (tertiary/aromatic N) is 2. The predicted octanol–water partition coefficient (Wildman–Crippen LogP) is 1.61. The average Bonchev–Trinajstić information content (AvgIpc) is 2.95. The molecule has 10 heteroatoms. The first-order valence-corrected chi connectivity index (χ1v) is 8.63. The number of nitrogens with one attached hydrogen (secondary N) is 2. The van der Waals surface area contributed by atoms with Crippen molar-refractivity contribution in [2.45, 2.75) is 13.0 Å². The molecule has 0 spiro atoms. The summed E-state index contributed by atoms with van der Waals surface area (Å²) in [5.41, 5.74) is 0.515. The fourth-order valence-electron chi connectivity index (χ4n) is 2.82. The molecule has 0 aromatic heterocycles. The Labute approximate surface area is 164 Å². The number of nitro benzene ring substituents is 1. The van der Waals surface area contributed by atoms with Crippen molar-refractivity contribution in [3.63, 3.8) is 0 Å². The molecule has 2 aromatic rings. The van der Waals surface area contributed by atoms with Crippen LogP contribution in [-0.2, 0) is 11.3 Å². The van der Waals surface area contributed by atoms with Crippen molar-refractivity contribution in [2.75, 3.05) is 6.54 Å². The highest BCUT2D eigenvalue weighted by molar-refractivity contribution is 6.21. The molecule has 10 nitrogen and oxygen atoms in total. The van der Waals surface area contributed by atoms with E-state index in [0.29, 0.717) is 0 Å². The number of fused-ring (bicyclic) bond motifs is 1. The molecule has 0 saturated carbocycles. The average molecular weight is 396 g/mol. The number of hydrogen-bond acceptors (Lipinski definition) is 6. The van der Waals surface area contributed by atoms with E-state index in [-0.39, 0.29) is 36.3 Å². The molecule has 2 aromatic carbocycles. The van der Waals surface area contributed by atoms with Crippen LogP contribution in [-0.4, -0.2) is 40.1 Å². The summed E-state index contributed by atoms with van der Waals surface area (Å²) in [7, 11) is 0. The van der Waals surface area contributed by atoms with Gasteiger partial charge < -0.3 is 5.32 Å². The molecular weight excluding hydrogens is 380 g/mol. The lowest BCUT2D eigenvalue weighted by Crippen LogP contribution is -2.41. The normalized spacial score (nSPS) is 12.5. The highest BCUT2D eigenvalue weighted by atomic mass is 16.6. The fraction of sp³-hybridized carbons (Fsp3) is 0.158. The van der Waals surface area contributed by atoms with Crippen LogP contribution in [0.2, 0.25) is 0 Å². The first-order chi connectivity index (χ1) is 13.9. The quantitative estimate of drug-likeness (QED) is 0.432. The second kappa shape index (κ2) is 8.30. The monoisotopic (exact) mass is 396 g/mol. The van der Waals surface area contributed by atoms with E-state index in [9.17, 15) is 29.3 Å². The van der Waals surface area contributed by atoms with Crippen LogP contribution in [0, 0.1) is 10.1 Å². The Hall–Kier alpha value is -4.08. The summed E-state index contributed by atoms with van der Waals surface area (Å²) in [4.78, 5) is 59.4. The highest BCUT2D eigenvalue weighted by Crippen LogP contribution is 2.26. The summed E-state index contributed by atoms with van der Waals surface area (Å²) in [5.74, 6) is -2.02. The van der Waals surface area contributed by atoms with Crippen molar-refractivity contribution >= 4 is 29.4 Å². The van der Waals surface area contributed by atoms with Crippen LogP contribution in [0.3, 0.4) is 0 Å². The molecule has 0 saturated heterocycles. The number of rotatable bonds is 6. The Morgan fingerprint density at radius 2 is 1.69 bits per heavy atom. The van der Waals surface area contributed by atoms with E-state index >= 15 is 0 Å². The SMILES string of the molecule is O=C(CCN1C(=O)c2ccc([N+](=O)[O-])cc2C1=O)NC(=O)NCc1ccccc1. The second-order valence-corrected chi connectivity index (χ2v) is 6.22. The number of imide groups is 2. The van der Waals surface area contributed by atoms with Gasteiger partial charge in [0.15, 0.2) is 0 Å². The molecule has 148 valence electrons. The number of benzene rings is 2. The molecule has 1 aliphatic heterocycles. The number of non-ortho nitro benzene ring substituents is 1. The minimum atomic E-state index is -0.713. The molecule has 0 fully saturated rings. The third-order valence-corrected chi connectivity index (χ3v) is 4.28. The van der Waals surface area contributed by atoms with Gasteiger partial charge in [-0.1, -0.05) is 30.3 Å². The summed E-state index contributed by atoms with van der Waals surface area (Å²) >= 11 is 0. The lowest BCUT2D eigenvalue weighted by atomic mass is 10.1. The summed E-state index contributed by atoms with van der Waals surface area (Å²) < 4.78 is 0. The predicted molar refractivity (Wildman–Crippen MR) is 99.9 cm³/mol. The van der Waals surface area contributed by atoms with Gasteiger partial charge in [-0.25, -0.2) is 4.79 Å². The van der Waals surface area contributed by atoms with Gasteiger partial charge in [0.1, 0.15) is 0 Å². The van der Waals surface area contributed by atoms with Gasteiger partial charge in [-0.2, -0.15) is 0 Å². The number of urea groups is 1. The molecule has 2 N–H and O–H groups in total. The molecule has 0 atom stereocenters. The van der Waals surface area contributed by atoms with Gasteiger partial charge in [-0.15, -0.1) is 0 Å². The van der Waals surface area contributed by atoms with Gasteiger partial charge in [0.25, 0.3) is 17.5 Å². The van der Waals surface area contributed by atoms with Crippen molar-refractivity contribution in [2.24, 2.45) is 0 Å².